The highest BCUT2D eigenvalue weighted by Crippen LogP contribution is 2.34. The molecule has 3 N–H and O–H groups in total. The molecular weight excluding hydrogens is 374 g/mol. The third-order valence-corrected chi connectivity index (χ3v) is 5.04. The second kappa shape index (κ2) is 8.72. The largest absolute Gasteiger partial charge is 0.456 e. The summed E-state index contributed by atoms with van der Waals surface area (Å²) >= 11 is 1.03. The summed E-state index contributed by atoms with van der Waals surface area (Å²) in [6.45, 7) is 11.4. The van der Waals surface area contributed by atoms with Gasteiger partial charge in [-0.25, -0.2) is 4.79 Å². The number of furan rings is 1. The van der Waals surface area contributed by atoms with Gasteiger partial charge in [-0.15, -0.1) is 0 Å². The van der Waals surface area contributed by atoms with Crippen molar-refractivity contribution in [1.29, 1.82) is 5.26 Å². The topological polar surface area (TPSA) is 98.3 Å². The van der Waals surface area contributed by atoms with E-state index in [1.807, 2.05) is 39.8 Å². The van der Waals surface area contributed by atoms with E-state index in [2.05, 4.69) is 16.1 Å². The second-order valence-electron chi connectivity index (χ2n) is 7.82. The lowest BCUT2D eigenvalue weighted by atomic mass is 9.90. The molecule has 0 aliphatic carbocycles. The van der Waals surface area contributed by atoms with Gasteiger partial charge in [-0.2, -0.15) is 5.26 Å². The molecule has 0 spiro atoms. The van der Waals surface area contributed by atoms with Crippen molar-refractivity contribution in [3.63, 3.8) is 0 Å². The molecule has 0 radical (unpaired) electrons. The molecule has 0 atom stereocenters. The minimum atomic E-state index is -1.01. The van der Waals surface area contributed by atoms with Crippen LogP contribution in [0.2, 0.25) is 0 Å². The van der Waals surface area contributed by atoms with Crippen molar-refractivity contribution in [2.45, 2.75) is 64.1 Å². The average molecular weight is 402 g/mol. The minimum absolute atomic E-state index is 0.146. The Morgan fingerprint density at radius 3 is 2.18 bits per heavy atom. The summed E-state index contributed by atoms with van der Waals surface area (Å²) in [7, 11) is 0. The normalized spacial score (nSPS) is 11.6. The van der Waals surface area contributed by atoms with Gasteiger partial charge in [0.1, 0.15) is 0 Å². The summed E-state index contributed by atoms with van der Waals surface area (Å²) < 4.78 is 8.07. The molecule has 0 saturated heterocycles. The summed E-state index contributed by atoms with van der Waals surface area (Å²) in [6.07, 6.45) is 1.47. The number of amides is 2. The van der Waals surface area contributed by atoms with Gasteiger partial charge in [0.05, 0.1) is 23.5 Å². The van der Waals surface area contributed by atoms with E-state index in [4.69, 9.17) is 4.42 Å². The first-order chi connectivity index (χ1) is 13.0. The fraction of sp³-hybridized carbons (Fsp3) is 0.429. The molecule has 0 fully saturated rings. The summed E-state index contributed by atoms with van der Waals surface area (Å²) in [5.74, 6) is 0.293. The highest BCUT2D eigenvalue weighted by molar-refractivity contribution is 7.97. The van der Waals surface area contributed by atoms with Crippen LogP contribution in [0.25, 0.3) is 0 Å². The maximum Gasteiger partial charge on any atom is 0.329 e. The number of carbonyl (C=O) groups excluding carboxylic acids is 1. The van der Waals surface area contributed by atoms with E-state index in [1.54, 1.807) is 19.9 Å². The Balaban J connectivity index is 2.19. The Kier molecular flexibility index (Phi) is 6.81. The van der Waals surface area contributed by atoms with E-state index < -0.39 is 5.60 Å². The summed E-state index contributed by atoms with van der Waals surface area (Å²) in [4.78, 5) is 12.5. The van der Waals surface area contributed by atoms with Crippen LogP contribution in [0, 0.1) is 11.3 Å². The highest BCUT2D eigenvalue weighted by atomic mass is 32.2. The van der Waals surface area contributed by atoms with Crippen molar-refractivity contribution in [3.05, 3.63) is 46.7 Å². The molecule has 1 aromatic heterocycles. The molecule has 1 heterocycles. The van der Waals surface area contributed by atoms with Crippen LogP contribution in [-0.4, -0.2) is 11.1 Å². The number of aliphatic hydroxyl groups is 1. The fourth-order valence-corrected chi connectivity index (χ4v) is 3.26. The number of benzene rings is 1. The lowest BCUT2D eigenvalue weighted by Crippen LogP contribution is -2.24. The van der Waals surface area contributed by atoms with Crippen molar-refractivity contribution >= 4 is 23.7 Å². The van der Waals surface area contributed by atoms with Gasteiger partial charge in [0, 0.05) is 23.2 Å². The Hall–Kier alpha value is -2.43. The predicted octanol–water partition coefficient (Wildman–Crippen LogP) is 5.45. The number of hydrogen-bond donors (Lipinski definition) is 3. The lowest BCUT2D eigenvalue weighted by molar-refractivity contribution is 0.0779. The number of urea groups is 1. The maximum atomic E-state index is 12.5. The fourth-order valence-electron chi connectivity index (χ4n) is 2.73. The number of carbonyl (C=O) groups is 1. The van der Waals surface area contributed by atoms with Crippen LogP contribution in [-0.2, 0) is 5.60 Å². The van der Waals surface area contributed by atoms with Crippen molar-refractivity contribution in [2.75, 3.05) is 5.32 Å². The molecule has 150 valence electrons. The smallest absolute Gasteiger partial charge is 0.329 e. The van der Waals surface area contributed by atoms with Crippen molar-refractivity contribution in [2.24, 2.45) is 0 Å². The SMILES string of the molecule is CC(C)c1cc(C#N)cc(C(C)C)c1NC(=O)NSc1cc(C(C)(C)O)co1. The molecule has 0 unspecified atom stereocenters. The van der Waals surface area contributed by atoms with Crippen LogP contribution in [0.15, 0.2) is 34.0 Å². The van der Waals surface area contributed by atoms with Crippen molar-refractivity contribution < 1.29 is 14.3 Å². The van der Waals surface area contributed by atoms with E-state index in [9.17, 15) is 15.2 Å². The van der Waals surface area contributed by atoms with Gasteiger partial charge in [0.2, 0.25) is 0 Å². The van der Waals surface area contributed by atoms with Gasteiger partial charge in [0.25, 0.3) is 0 Å². The zero-order chi connectivity index (χ0) is 21.1. The van der Waals surface area contributed by atoms with Crippen molar-refractivity contribution in [3.8, 4) is 6.07 Å². The first-order valence-corrected chi connectivity index (χ1v) is 9.97. The molecule has 6 nitrogen and oxygen atoms in total. The van der Waals surface area contributed by atoms with E-state index >= 15 is 0 Å². The zero-order valence-corrected chi connectivity index (χ0v) is 17.9. The summed E-state index contributed by atoms with van der Waals surface area (Å²) in [5.41, 5.74) is 2.79. The predicted molar refractivity (Wildman–Crippen MR) is 111 cm³/mol. The third-order valence-electron chi connectivity index (χ3n) is 4.34. The molecule has 2 amide bonds. The number of hydrogen-bond acceptors (Lipinski definition) is 5. The average Bonchev–Trinajstić information content (AvgIpc) is 3.09. The molecule has 28 heavy (non-hydrogen) atoms. The number of nitriles is 1. The van der Waals surface area contributed by atoms with Crippen LogP contribution in [0.3, 0.4) is 0 Å². The Morgan fingerprint density at radius 2 is 1.75 bits per heavy atom. The third kappa shape index (κ3) is 5.31. The molecule has 0 bridgehead atoms. The van der Waals surface area contributed by atoms with Crippen LogP contribution in [0.1, 0.15) is 75.6 Å². The Morgan fingerprint density at radius 1 is 1.18 bits per heavy atom. The molecular formula is C21H27N3O3S. The number of nitrogens with one attached hydrogen (secondary N) is 2. The van der Waals surface area contributed by atoms with E-state index in [-0.39, 0.29) is 17.9 Å². The van der Waals surface area contributed by atoms with Crippen LogP contribution >= 0.6 is 11.9 Å². The van der Waals surface area contributed by atoms with E-state index in [0.29, 0.717) is 16.2 Å². The number of rotatable bonds is 6. The van der Waals surface area contributed by atoms with Crippen LogP contribution < -0.4 is 10.0 Å². The molecule has 0 aliphatic rings. The van der Waals surface area contributed by atoms with Gasteiger partial charge < -0.3 is 14.8 Å². The van der Waals surface area contributed by atoms with Gasteiger partial charge in [0.15, 0.2) is 5.09 Å². The van der Waals surface area contributed by atoms with E-state index in [1.165, 1.54) is 6.26 Å². The first kappa shape index (κ1) is 21.9. The number of anilines is 1. The monoisotopic (exact) mass is 401 g/mol. The first-order valence-electron chi connectivity index (χ1n) is 9.16. The van der Waals surface area contributed by atoms with Gasteiger partial charge in [-0.3, -0.25) is 4.72 Å². The maximum absolute atomic E-state index is 12.5. The molecule has 2 rings (SSSR count). The minimum Gasteiger partial charge on any atom is -0.456 e. The molecule has 7 heteroatoms. The van der Waals surface area contributed by atoms with Gasteiger partial charge >= 0.3 is 6.03 Å². The number of nitrogens with zero attached hydrogens (tertiary/aromatic N) is 1. The van der Waals surface area contributed by atoms with E-state index in [0.717, 1.165) is 28.8 Å². The molecule has 0 saturated carbocycles. The Bertz CT molecular complexity index is 860. The molecule has 2 aromatic rings. The van der Waals surface area contributed by atoms with Crippen molar-refractivity contribution in [1.82, 2.24) is 4.72 Å². The molecule has 0 aliphatic heterocycles. The summed E-state index contributed by atoms with van der Waals surface area (Å²) in [5, 5.41) is 22.7. The van der Waals surface area contributed by atoms with Crippen LogP contribution in [0.5, 0.6) is 0 Å². The lowest BCUT2D eigenvalue weighted by Gasteiger charge is -2.20. The highest BCUT2D eigenvalue weighted by Gasteiger charge is 2.20. The quantitative estimate of drug-likeness (QED) is 0.559. The standard InChI is InChI=1S/C21H27N3O3S/c1-12(2)16-7-14(10-22)8-17(13(3)4)19(16)23-20(25)24-28-18-9-15(11-27-18)21(5,6)26/h7-9,11-13,26H,1-6H3,(H2,23,24,25). The summed E-state index contributed by atoms with van der Waals surface area (Å²) in [6, 6.07) is 7.13. The van der Waals surface area contributed by atoms with Crippen LogP contribution in [0.4, 0.5) is 10.5 Å². The van der Waals surface area contributed by atoms with Gasteiger partial charge in [-0.1, -0.05) is 27.7 Å². The molecule has 1 aromatic carbocycles. The second-order valence-corrected chi connectivity index (χ2v) is 8.63. The Labute approximate surface area is 170 Å². The van der Waals surface area contributed by atoms with Gasteiger partial charge in [-0.05, 0) is 55.0 Å². The zero-order valence-electron chi connectivity index (χ0n) is 17.1.